The summed E-state index contributed by atoms with van der Waals surface area (Å²) in [6.45, 7) is 2.44. The summed E-state index contributed by atoms with van der Waals surface area (Å²) in [5.41, 5.74) is 1.36. The van der Waals surface area contributed by atoms with Crippen molar-refractivity contribution in [1.82, 2.24) is 14.6 Å². The van der Waals surface area contributed by atoms with Gasteiger partial charge in [-0.2, -0.15) is 0 Å². The number of benzene rings is 1. The molecule has 136 valence electrons. The monoisotopic (exact) mass is 385 g/mol. The third-order valence-electron chi connectivity index (χ3n) is 3.60. The second-order valence-corrected chi connectivity index (χ2v) is 8.72. The number of amides is 1. The van der Waals surface area contributed by atoms with Gasteiger partial charge in [-0.3, -0.25) is 4.79 Å². The van der Waals surface area contributed by atoms with Gasteiger partial charge in [0.2, 0.25) is 10.0 Å². The Kier molecular flexibility index (Phi) is 6.26. The van der Waals surface area contributed by atoms with Crippen molar-refractivity contribution >= 4 is 27.3 Å². The van der Waals surface area contributed by atoms with Crippen LogP contribution in [0.1, 0.15) is 21.8 Å². The molecule has 0 spiro atoms. The standard InChI is InChI=1S/C16H20FN3O3S2/c1-11-14(15(21)18-9-4-10-20(2)25(3,22)23)24-16(19-11)12-5-7-13(17)8-6-12/h5-8H,4,9-10H2,1-3H3,(H,18,21). The molecular weight excluding hydrogens is 365 g/mol. The highest BCUT2D eigenvalue weighted by Gasteiger charge is 2.16. The summed E-state index contributed by atoms with van der Waals surface area (Å²) in [5, 5.41) is 3.42. The second-order valence-electron chi connectivity index (χ2n) is 5.63. The molecule has 1 aromatic carbocycles. The molecule has 0 fully saturated rings. The van der Waals surface area contributed by atoms with Gasteiger partial charge in [0.15, 0.2) is 0 Å². The fourth-order valence-electron chi connectivity index (χ4n) is 2.07. The van der Waals surface area contributed by atoms with Crippen LogP contribution < -0.4 is 5.32 Å². The number of halogens is 1. The van der Waals surface area contributed by atoms with Gasteiger partial charge in [-0.25, -0.2) is 22.1 Å². The predicted molar refractivity (Wildman–Crippen MR) is 96.7 cm³/mol. The highest BCUT2D eigenvalue weighted by Crippen LogP contribution is 2.27. The molecule has 0 bridgehead atoms. The number of hydrogen-bond acceptors (Lipinski definition) is 5. The first-order valence-electron chi connectivity index (χ1n) is 7.61. The Labute approximate surface area is 150 Å². The van der Waals surface area contributed by atoms with Gasteiger partial charge < -0.3 is 5.32 Å². The maximum Gasteiger partial charge on any atom is 0.263 e. The van der Waals surface area contributed by atoms with Crippen LogP contribution in [0.3, 0.4) is 0 Å². The Morgan fingerprint density at radius 2 is 1.96 bits per heavy atom. The van der Waals surface area contributed by atoms with Gasteiger partial charge in [0.05, 0.1) is 11.9 Å². The van der Waals surface area contributed by atoms with Crippen LogP contribution in [-0.2, 0) is 10.0 Å². The number of sulfonamides is 1. The molecule has 0 aliphatic rings. The lowest BCUT2D eigenvalue weighted by Crippen LogP contribution is -2.30. The summed E-state index contributed by atoms with van der Waals surface area (Å²) in [5.74, 6) is -0.570. The van der Waals surface area contributed by atoms with E-state index < -0.39 is 10.0 Å². The minimum Gasteiger partial charge on any atom is -0.351 e. The highest BCUT2D eigenvalue weighted by atomic mass is 32.2. The van der Waals surface area contributed by atoms with Crippen molar-refractivity contribution < 1.29 is 17.6 Å². The minimum atomic E-state index is -3.21. The van der Waals surface area contributed by atoms with E-state index in [9.17, 15) is 17.6 Å². The Balaban J connectivity index is 1.95. The summed E-state index contributed by atoms with van der Waals surface area (Å²) in [7, 11) is -1.71. The van der Waals surface area contributed by atoms with E-state index in [0.717, 1.165) is 11.8 Å². The molecule has 1 amide bonds. The van der Waals surface area contributed by atoms with Crippen LogP contribution in [0.2, 0.25) is 0 Å². The molecule has 6 nitrogen and oxygen atoms in total. The second kappa shape index (κ2) is 8.03. The van der Waals surface area contributed by atoms with Gasteiger partial charge in [-0.15, -0.1) is 11.3 Å². The van der Waals surface area contributed by atoms with Crippen molar-refractivity contribution in [3.63, 3.8) is 0 Å². The number of aromatic nitrogens is 1. The molecule has 0 radical (unpaired) electrons. The first kappa shape index (κ1) is 19.5. The number of carbonyl (C=O) groups excluding carboxylic acids is 1. The Hall–Kier alpha value is -1.84. The minimum absolute atomic E-state index is 0.245. The van der Waals surface area contributed by atoms with Gasteiger partial charge in [-0.05, 0) is 37.6 Å². The van der Waals surface area contributed by atoms with Crippen molar-refractivity contribution in [1.29, 1.82) is 0 Å². The molecule has 0 aliphatic heterocycles. The van der Waals surface area contributed by atoms with Crippen molar-refractivity contribution in [3.05, 3.63) is 40.7 Å². The topological polar surface area (TPSA) is 79.4 Å². The molecule has 1 N–H and O–H groups in total. The molecule has 2 aromatic rings. The van der Waals surface area contributed by atoms with E-state index in [-0.39, 0.29) is 11.7 Å². The van der Waals surface area contributed by atoms with Crippen LogP contribution in [0.25, 0.3) is 10.6 Å². The van der Waals surface area contributed by atoms with Crippen LogP contribution in [0.5, 0.6) is 0 Å². The molecule has 0 atom stereocenters. The van der Waals surface area contributed by atoms with Gasteiger partial charge in [-0.1, -0.05) is 0 Å². The lowest BCUT2D eigenvalue weighted by atomic mass is 10.2. The molecule has 0 unspecified atom stereocenters. The first-order chi connectivity index (χ1) is 11.7. The van der Waals surface area contributed by atoms with E-state index in [1.54, 1.807) is 19.1 Å². The quantitative estimate of drug-likeness (QED) is 0.742. The SMILES string of the molecule is Cc1nc(-c2ccc(F)cc2)sc1C(=O)NCCCN(C)S(C)(=O)=O. The van der Waals surface area contributed by atoms with Crippen molar-refractivity contribution in [2.75, 3.05) is 26.4 Å². The van der Waals surface area contributed by atoms with E-state index in [1.165, 1.54) is 34.8 Å². The molecule has 0 saturated heterocycles. The molecule has 0 aliphatic carbocycles. The molecule has 1 heterocycles. The van der Waals surface area contributed by atoms with E-state index in [0.29, 0.717) is 35.1 Å². The zero-order valence-corrected chi connectivity index (χ0v) is 15.9. The lowest BCUT2D eigenvalue weighted by Gasteiger charge is -2.13. The summed E-state index contributed by atoms with van der Waals surface area (Å²) >= 11 is 1.24. The Morgan fingerprint density at radius 1 is 1.32 bits per heavy atom. The number of thiazole rings is 1. The van der Waals surface area contributed by atoms with Gasteiger partial charge in [0, 0.05) is 25.7 Å². The maximum absolute atomic E-state index is 13.0. The van der Waals surface area contributed by atoms with Crippen LogP contribution in [0.15, 0.2) is 24.3 Å². The van der Waals surface area contributed by atoms with Gasteiger partial charge in [0.25, 0.3) is 5.91 Å². The Morgan fingerprint density at radius 3 is 2.56 bits per heavy atom. The number of nitrogens with zero attached hydrogens (tertiary/aromatic N) is 2. The van der Waals surface area contributed by atoms with Crippen molar-refractivity contribution in [2.24, 2.45) is 0 Å². The first-order valence-corrected chi connectivity index (χ1v) is 10.3. The third kappa shape index (κ3) is 5.32. The number of aryl methyl sites for hydroxylation is 1. The average molecular weight is 385 g/mol. The third-order valence-corrected chi connectivity index (χ3v) is 6.12. The normalized spacial score (nSPS) is 11.7. The van der Waals surface area contributed by atoms with E-state index >= 15 is 0 Å². The number of hydrogen-bond donors (Lipinski definition) is 1. The number of carbonyl (C=O) groups is 1. The molecular formula is C16H20FN3O3S2. The Bertz CT molecular complexity index is 848. The smallest absolute Gasteiger partial charge is 0.263 e. The fraction of sp³-hybridized carbons (Fsp3) is 0.375. The zero-order valence-electron chi connectivity index (χ0n) is 14.2. The highest BCUT2D eigenvalue weighted by molar-refractivity contribution is 7.88. The molecule has 2 rings (SSSR count). The van der Waals surface area contributed by atoms with Crippen LogP contribution in [0, 0.1) is 12.7 Å². The van der Waals surface area contributed by atoms with Gasteiger partial charge in [0.1, 0.15) is 15.7 Å². The summed E-state index contributed by atoms with van der Waals surface area (Å²) in [6, 6.07) is 5.95. The molecule has 0 saturated carbocycles. The van der Waals surface area contributed by atoms with Crippen LogP contribution in [-0.4, -0.2) is 50.0 Å². The lowest BCUT2D eigenvalue weighted by molar-refractivity contribution is 0.0956. The zero-order chi connectivity index (χ0) is 18.6. The molecule has 1 aromatic heterocycles. The summed E-state index contributed by atoms with van der Waals surface area (Å²) in [6.07, 6.45) is 1.65. The predicted octanol–water partition coefficient (Wildman–Crippen LogP) is 2.27. The fourth-order valence-corrected chi connectivity index (χ4v) is 3.52. The molecule has 9 heteroatoms. The van der Waals surface area contributed by atoms with Crippen molar-refractivity contribution in [2.45, 2.75) is 13.3 Å². The number of rotatable bonds is 7. The maximum atomic E-state index is 13.0. The average Bonchev–Trinajstić information content (AvgIpc) is 2.92. The van der Waals surface area contributed by atoms with Gasteiger partial charge >= 0.3 is 0 Å². The number of nitrogens with one attached hydrogen (secondary N) is 1. The van der Waals surface area contributed by atoms with E-state index in [1.807, 2.05) is 0 Å². The largest absolute Gasteiger partial charge is 0.351 e. The van der Waals surface area contributed by atoms with Crippen LogP contribution >= 0.6 is 11.3 Å². The van der Waals surface area contributed by atoms with E-state index in [4.69, 9.17) is 0 Å². The van der Waals surface area contributed by atoms with E-state index in [2.05, 4.69) is 10.3 Å². The summed E-state index contributed by atoms with van der Waals surface area (Å²) < 4.78 is 36.8. The van der Waals surface area contributed by atoms with Crippen molar-refractivity contribution in [3.8, 4) is 10.6 Å². The molecule has 25 heavy (non-hydrogen) atoms. The summed E-state index contributed by atoms with van der Waals surface area (Å²) in [4.78, 5) is 17.1. The van der Waals surface area contributed by atoms with Crippen LogP contribution in [0.4, 0.5) is 4.39 Å².